The van der Waals surface area contributed by atoms with Gasteiger partial charge < -0.3 is 0 Å². The maximum absolute atomic E-state index is 5.82. The SMILES string of the molecule is ClCC1(CCl)CSCCS1. The van der Waals surface area contributed by atoms with Crippen LogP contribution in [-0.2, 0) is 0 Å². The highest BCUT2D eigenvalue weighted by molar-refractivity contribution is 8.07. The second-order valence-electron chi connectivity index (χ2n) is 2.35. The van der Waals surface area contributed by atoms with Crippen molar-refractivity contribution in [3.63, 3.8) is 0 Å². The molecule has 0 radical (unpaired) electrons. The van der Waals surface area contributed by atoms with Gasteiger partial charge in [0, 0.05) is 29.0 Å². The van der Waals surface area contributed by atoms with E-state index in [-0.39, 0.29) is 4.75 Å². The van der Waals surface area contributed by atoms with Gasteiger partial charge in [-0.05, 0) is 0 Å². The van der Waals surface area contributed by atoms with E-state index in [9.17, 15) is 0 Å². The van der Waals surface area contributed by atoms with Crippen molar-refractivity contribution in [3.05, 3.63) is 0 Å². The highest BCUT2D eigenvalue weighted by Gasteiger charge is 2.31. The Morgan fingerprint density at radius 2 is 1.90 bits per heavy atom. The van der Waals surface area contributed by atoms with Crippen LogP contribution in [0.15, 0.2) is 0 Å². The molecular weight excluding hydrogens is 207 g/mol. The van der Waals surface area contributed by atoms with E-state index in [1.54, 1.807) is 0 Å². The monoisotopic (exact) mass is 216 g/mol. The third-order valence-electron chi connectivity index (χ3n) is 1.49. The second-order valence-corrected chi connectivity index (χ2v) is 5.55. The van der Waals surface area contributed by atoms with Crippen molar-refractivity contribution in [2.75, 3.05) is 29.0 Å². The molecule has 1 aliphatic rings. The molecule has 60 valence electrons. The van der Waals surface area contributed by atoms with Crippen LogP contribution in [0.1, 0.15) is 0 Å². The van der Waals surface area contributed by atoms with Gasteiger partial charge in [0.1, 0.15) is 0 Å². The fourth-order valence-electron chi connectivity index (χ4n) is 0.807. The van der Waals surface area contributed by atoms with Gasteiger partial charge in [-0.15, -0.1) is 23.2 Å². The summed E-state index contributed by atoms with van der Waals surface area (Å²) >= 11 is 15.5. The molecule has 0 amide bonds. The van der Waals surface area contributed by atoms with Crippen molar-refractivity contribution >= 4 is 46.7 Å². The molecule has 0 atom stereocenters. The van der Waals surface area contributed by atoms with Gasteiger partial charge in [0.2, 0.25) is 0 Å². The van der Waals surface area contributed by atoms with Crippen LogP contribution in [0.25, 0.3) is 0 Å². The van der Waals surface area contributed by atoms with Gasteiger partial charge >= 0.3 is 0 Å². The van der Waals surface area contributed by atoms with Crippen LogP contribution < -0.4 is 0 Å². The fraction of sp³-hybridized carbons (Fsp3) is 1.00. The number of hydrogen-bond donors (Lipinski definition) is 0. The van der Waals surface area contributed by atoms with Crippen LogP contribution >= 0.6 is 46.7 Å². The van der Waals surface area contributed by atoms with Crippen molar-refractivity contribution in [2.24, 2.45) is 0 Å². The van der Waals surface area contributed by atoms with Gasteiger partial charge in [-0.1, -0.05) is 0 Å². The van der Waals surface area contributed by atoms with Gasteiger partial charge in [0.25, 0.3) is 0 Å². The van der Waals surface area contributed by atoms with E-state index in [1.807, 2.05) is 23.5 Å². The lowest BCUT2D eigenvalue weighted by Crippen LogP contribution is -2.35. The van der Waals surface area contributed by atoms with E-state index in [2.05, 4.69) is 0 Å². The first-order chi connectivity index (χ1) is 4.83. The summed E-state index contributed by atoms with van der Waals surface area (Å²) in [6.07, 6.45) is 0. The molecule has 1 saturated heterocycles. The van der Waals surface area contributed by atoms with Crippen molar-refractivity contribution in [1.82, 2.24) is 0 Å². The summed E-state index contributed by atoms with van der Waals surface area (Å²) in [7, 11) is 0. The van der Waals surface area contributed by atoms with E-state index in [4.69, 9.17) is 23.2 Å². The molecule has 0 unspecified atom stereocenters. The Morgan fingerprint density at radius 1 is 1.20 bits per heavy atom. The zero-order chi connectivity index (χ0) is 7.45. The maximum Gasteiger partial charge on any atom is 0.0520 e. The number of thioether (sulfide) groups is 2. The predicted octanol–water partition coefficient (Wildman–Crippen LogP) is 2.68. The molecule has 0 nitrogen and oxygen atoms in total. The Balaban J connectivity index is 2.44. The molecule has 0 bridgehead atoms. The minimum absolute atomic E-state index is 0.173. The van der Waals surface area contributed by atoms with Crippen LogP contribution in [0.2, 0.25) is 0 Å². The Morgan fingerprint density at radius 3 is 2.20 bits per heavy atom. The van der Waals surface area contributed by atoms with Crippen LogP contribution in [0.5, 0.6) is 0 Å². The average molecular weight is 217 g/mol. The molecule has 0 N–H and O–H groups in total. The Kier molecular flexibility index (Phi) is 4.07. The molecule has 1 rings (SSSR count). The van der Waals surface area contributed by atoms with Gasteiger partial charge in [0.15, 0.2) is 0 Å². The molecule has 4 heteroatoms. The zero-order valence-corrected chi connectivity index (χ0v) is 8.75. The Labute approximate surface area is 80.4 Å². The lowest BCUT2D eigenvalue weighted by Gasteiger charge is -2.32. The fourth-order valence-corrected chi connectivity index (χ4v) is 4.66. The van der Waals surface area contributed by atoms with Crippen molar-refractivity contribution < 1.29 is 0 Å². The highest BCUT2D eigenvalue weighted by Crippen LogP contribution is 2.36. The highest BCUT2D eigenvalue weighted by atomic mass is 35.5. The normalized spacial score (nSPS) is 24.6. The smallest absolute Gasteiger partial charge is 0.0520 e. The van der Waals surface area contributed by atoms with Crippen molar-refractivity contribution in [2.45, 2.75) is 4.75 Å². The summed E-state index contributed by atoms with van der Waals surface area (Å²) < 4.78 is 0.173. The molecule has 0 aromatic rings. The van der Waals surface area contributed by atoms with Crippen LogP contribution in [-0.4, -0.2) is 33.8 Å². The minimum Gasteiger partial charge on any atom is -0.160 e. The van der Waals surface area contributed by atoms with E-state index in [0.717, 1.165) is 5.75 Å². The minimum atomic E-state index is 0.173. The molecule has 1 fully saturated rings. The van der Waals surface area contributed by atoms with Crippen LogP contribution in [0.4, 0.5) is 0 Å². The van der Waals surface area contributed by atoms with E-state index < -0.39 is 0 Å². The van der Waals surface area contributed by atoms with E-state index >= 15 is 0 Å². The molecule has 0 saturated carbocycles. The third kappa shape index (κ3) is 2.13. The summed E-state index contributed by atoms with van der Waals surface area (Å²) in [5.41, 5.74) is 0. The number of rotatable bonds is 2. The van der Waals surface area contributed by atoms with Crippen molar-refractivity contribution in [1.29, 1.82) is 0 Å². The molecule has 0 aromatic carbocycles. The first kappa shape index (κ1) is 9.37. The summed E-state index contributed by atoms with van der Waals surface area (Å²) in [6.45, 7) is 0. The molecule has 0 aromatic heterocycles. The quantitative estimate of drug-likeness (QED) is 0.652. The topological polar surface area (TPSA) is 0 Å². The van der Waals surface area contributed by atoms with Gasteiger partial charge in [-0.3, -0.25) is 0 Å². The van der Waals surface area contributed by atoms with E-state index in [0.29, 0.717) is 11.8 Å². The Bertz CT molecular complexity index is 95.9. The first-order valence-electron chi connectivity index (χ1n) is 3.17. The number of alkyl halides is 2. The van der Waals surface area contributed by atoms with Crippen LogP contribution in [0, 0.1) is 0 Å². The maximum atomic E-state index is 5.82. The number of halogens is 2. The predicted molar refractivity (Wildman–Crippen MR) is 54.0 cm³/mol. The van der Waals surface area contributed by atoms with Crippen molar-refractivity contribution in [3.8, 4) is 0 Å². The summed E-state index contributed by atoms with van der Waals surface area (Å²) in [4.78, 5) is 0. The molecule has 0 aliphatic carbocycles. The standard InChI is InChI=1S/C6H10Cl2S2/c7-3-6(4-8)5-9-1-2-10-6/h1-5H2. The lowest BCUT2D eigenvalue weighted by atomic mass is 10.2. The molecule has 1 aliphatic heterocycles. The van der Waals surface area contributed by atoms with Gasteiger partial charge in [0.05, 0.1) is 4.75 Å². The molecular formula is C6H10Cl2S2. The first-order valence-corrected chi connectivity index (χ1v) is 6.37. The second kappa shape index (κ2) is 4.34. The largest absolute Gasteiger partial charge is 0.160 e. The number of hydrogen-bond acceptors (Lipinski definition) is 2. The Hall–Kier alpha value is 1.28. The summed E-state index contributed by atoms with van der Waals surface area (Å²) in [6, 6.07) is 0. The molecule has 1 heterocycles. The average Bonchev–Trinajstić information content (AvgIpc) is 2.06. The lowest BCUT2D eigenvalue weighted by molar-refractivity contribution is 0.828. The summed E-state index contributed by atoms with van der Waals surface area (Å²) in [5.74, 6) is 4.94. The van der Waals surface area contributed by atoms with E-state index in [1.165, 1.54) is 11.5 Å². The third-order valence-corrected chi connectivity index (χ3v) is 5.97. The zero-order valence-electron chi connectivity index (χ0n) is 5.61. The van der Waals surface area contributed by atoms with Gasteiger partial charge in [-0.25, -0.2) is 0 Å². The molecule has 10 heavy (non-hydrogen) atoms. The van der Waals surface area contributed by atoms with Crippen LogP contribution in [0.3, 0.4) is 0 Å². The van der Waals surface area contributed by atoms with Gasteiger partial charge in [-0.2, -0.15) is 23.5 Å². The molecule has 0 spiro atoms. The summed E-state index contributed by atoms with van der Waals surface area (Å²) in [5, 5.41) is 0.